The second-order valence-electron chi connectivity index (χ2n) is 5.63. The van der Waals surface area contributed by atoms with Gasteiger partial charge in [-0.05, 0) is 5.41 Å². The van der Waals surface area contributed by atoms with Crippen molar-refractivity contribution in [1.29, 1.82) is 0 Å². The minimum absolute atomic E-state index is 0.0162. The van der Waals surface area contributed by atoms with Crippen molar-refractivity contribution >= 4 is 17.7 Å². The summed E-state index contributed by atoms with van der Waals surface area (Å²) in [5.41, 5.74) is 4.95. The number of hydrogen-bond acceptors (Lipinski definition) is 4. The number of amides is 1. The van der Waals surface area contributed by atoms with E-state index in [4.69, 9.17) is 10.8 Å². The Bertz CT molecular complexity index is 347. The Morgan fingerprint density at radius 2 is 1.79 bits per heavy atom. The van der Waals surface area contributed by atoms with E-state index in [0.29, 0.717) is 0 Å². The van der Waals surface area contributed by atoms with Gasteiger partial charge < -0.3 is 16.2 Å². The molecule has 110 valence electrons. The normalized spacial score (nSPS) is 14.6. The summed E-state index contributed by atoms with van der Waals surface area (Å²) < 4.78 is 0. The van der Waals surface area contributed by atoms with E-state index in [-0.39, 0.29) is 25.2 Å². The number of nitrogens with two attached hydrogens (primary N) is 1. The van der Waals surface area contributed by atoms with Crippen molar-refractivity contribution in [2.45, 2.75) is 46.6 Å². The highest BCUT2D eigenvalue weighted by Crippen LogP contribution is 2.29. The summed E-state index contributed by atoms with van der Waals surface area (Å²) in [7, 11) is 0. The van der Waals surface area contributed by atoms with Gasteiger partial charge in [-0.1, -0.05) is 27.7 Å². The van der Waals surface area contributed by atoms with Crippen molar-refractivity contribution in [3.8, 4) is 0 Å². The van der Waals surface area contributed by atoms with Crippen molar-refractivity contribution in [1.82, 2.24) is 5.32 Å². The van der Waals surface area contributed by atoms with Crippen LogP contribution in [0.3, 0.4) is 0 Å². The number of nitrogens with one attached hydrogen (secondary N) is 1. The highest BCUT2D eigenvalue weighted by molar-refractivity contribution is 5.91. The molecule has 0 aliphatic heterocycles. The minimum Gasteiger partial charge on any atom is -0.481 e. The summed E-state index contributed by atoms with van der Waals surface area (Å²) in [6.45, 7) is 7.08. The zero-order chi connectivity index (χ0) is 15.2. The average molecular weight is 272 g/mol. The summed E-state index contributed by atoms with van der Waals surface area (Å²) >= 11 is 0. The van der Waals surface area contributed by atoms with Crippen LogP contribution >= 0.6 is 0 Å². The molecule has 1 amide bonds. The third-order valence-electron chi connectivity index (χ3n) is 3.03. The lowest BCUT2D eigenvalue weighted by Gasteiger charge is -2.29. The van der Waals surface area contributed by atoms with Crippen LogP contribution in [0.2, 0.25) is 0 Å². The third kappa shape index (κ3) is 5.83. The molecule has 0 spiro atoms. The molecule has 0 heterocycles. The summed E-state index contributed by atoms with van der Waals surface area (Å²) in [5.74, 6) is -2.34. The molecule has 19 heavy (non-hydrogen) atoms. The van der Waals surface area contributed by atoms with Gasteiger partial charge in [0, 0.05) is 13.0 Å². The van der Waals surface area contributed by atoms with E-state index in [1.807, 2.05) is 0 Å². The van der Waals surface area contributed by atoms with Crippen molar-refractivity contribution in [2.24, 2.45) is 17.1 Å². The molecule has 0 saturated heterocycles. The number of ketones is 1. The zero-order valence-corrected chi connectivity index (χ0v) is 12.0. The Morgan fingerprint density at radius 1 is 1.26 bits per heavy atom. The standard InChI is InChI=1S/C13H24N2O4/c1-5-10(16)9(7-14)15-12(19)8(6-11(17)18)13(2,3)4/h8-9H,5-7,14H2,1-4H3,(H,15,19)(H,17,18)/t8?,9-/m1/s1. The van der Waals surface area contributed by atoms with E-state index in [9.17, 15) is 14.4 Å². The van der Waals surface area contributed by atoms with Gasteiger partial charge in [0.1, 0.15) is 0 Å². The van der Waals surface area contributed by atoms with Crippen LogP contribution < -0.4 is 11.1 Å². The number of carbonyl (C=O) groups excluding carboxylic acids is 2. The monoisotopic (exact) mass is 272 g/mol. The molecule has 0 bridgehead atoms. The van der Waals surface area contributed by atoms with Gasteiger partial charge in [-0.3, -0.25) is 14.4 Å². The lowest BCUT2D eigenvalue weighted by atomic mass is 9.78. The molecule has 0 rings (SSSR count). The first-order chi connectivity index (χ1) is 8.63. The third-order valence-corrected chi connectivity index (χ3v) is 3.03. The molecule has 0 saturated carbocycles. The van der Waals surface area contributed by atoms with E-state index in [1.54, 1.807) is 27.7 Å². The Labute approximate surface area is 113 Å². The molecular formula is C13H24N2O4. The van der Waals surface area contributed by atoms with Gasteiger partial charge in [-0.25, -0.2) is 0 Å². The molecule has 4 N–H and O–H groups in total. The topological polar surface area (TPSA) is 109 Å². The summed E-state index contributed by atoms with van der Waals surface area (Å²) in [6.07, 6.45) is 0.00814. The van der Waals surface area contributed by atoms with Gasteiger partial charge in [-0.2, -0.15) is 0 Å². The second-order valence-corrected chi connectivity index (χ2v) is 5.63. The molecule has 0 fully saturated rings. The number of aliphatic carboxylic acids is 1. The molecule has 0 aliphatic rings. The van der Waals surface area contributed by atoms with Crippen molar-refractivity contribution in [2.75, 3.05) is 6.54 Å². The van der Waals surface area contributed by atoms with Crippen LogP contribution in [-0.4, -0.2) is 35.4 Å². The first kappa shape index (κ1) is 17.6. The highest BCUT2D eigenvalue weighted by Gasteiger charge is 2.34. The van der Waals surface area contributed by atoms with Gasteiger partial charge in [-0.15, -0.1) is 0 Å². The van der Waals surface area contributed by atoms with E-state index >= 15 is 0 Å². The van der Waals surface area contributed by atoms with Crippen LogP contribution in [0.5, 0.6) is 0 Å². The molecule has 0 aromatic rings. The SMILES string of the molecule is CCC(=O)[C@@H](CN)NC(=O)C(CC(=O)O)C(C)(C)C. The largest absolute Gasteiger partial charge is 0.481 e. The Balaban J connectivity index is 4.91. The molecule has 6 heteroatoms. The molecule has 0 radical (unpaired) electrons. The smallest absolute Gasteiger partial charge is 0.304 e. The fourth-order valence-electron chi connectivity index (χ4n) is 1.76. The van der Waals surface area contributed by atoms with Crippen LogP contribution in [-0.2, 0) is 14.4 Å². The van der Waals surface area contributed by atoms with E-state index in [2.05, 4.69) is 5.32 Å². The fraction of sp³-hybridized carbons (Fsp3) is 0.769. The Morgan fingerprint density at radius 3 is 2.11 bits per heavy atom. The lowest BCUT2D eigenvalue weighted by molar-refractivity contribution is -0.143. The fourth-order valence-corrected chi connectivity index (χ4v) is 1.76. The molecule has 2 atom stereocenters. The average Bonchev–Trinajstić information content (AvgIpc) is 2.30. The van der Waals surface area contributed by atoms with Gasteiger partial charge in [0.05, 0.1) is 18.4 Å². The van der Waals surface area contributed by atoms with Crippen molar-refractivity contribution < 1.29 is 19.5 Å². The van der Waals surface area contributed by atoms with Crippen molar-refractivity contribution in [3.05, 3.63) is 0 Å². The van der Waals surface area contributed by atoms with E-state index < -0.39 is 29.3 Å². The quantitative estimate of drug-likeness (QED) is 0.627. The van der Waals surface area contributed by atoms with Crippen LogP contribution in [0.4, 0.5) is 0 Å². The van der Waals surface area contributed by atoms with Crippen LogP contribution in [0.15, 0.2) is 0 Å². The first-order valence-electron chi connectivity index (χ1n) is 6.38. The van der Waals surface area contributed by atoms with Crippen LogP contribution in [0.1, 0.15) is 40.5 Å². The molecular weight excluding hydrogens is 248 g/mol. The predicted molar refractivity (Wildman–Crippen MR) is 71.5 cm³/mol. The van der Waals surface area contributed by atoms with E-state index in [0.717, 1.165) is 0 Å². The minimum atomic E-state index is -1.04. The molecule has 1 unspecified atom stereocenters. The number of carboxylic acids is 1. The summed E-state index contributed by atoms with van der Waals surface area (Å²) in [6, 6.07) is -0.740. The maximum absolute atomic E-state index is 12.1. The number of carbonyl (C=O) groups is 3. The van der Waals surface area contributed by atoms with Crippen molar-refractivity contribution in [3.63, 3.8) is 0 Å². The second kappa shape index (κ2) is 7.23. The Hall–Kier alpha value is -1.43. The Kier molecular flexibility index (Phi) is 6.69. The van der Waals surface area contributed by atoms with E-state index in [1.165, 1.54) is 0 Å². The number of carboxylic acid groups (broad SMARTS) is 1. The highest BCUT2D eigenvalue weighted by atomic mass is 16.4. The first-order valence-corrected chi connectivity index (χ1v) is 6.38. The number of rotatable bonds is 7. The lowest BCUT2D eigenvalue weighted by Crippen LogP contribution is -2.50. The molecule has 0 aliphatic carbocycles. The number of Topliss-reactive ketones (excluding diaryl/α,β-unsaturated/α-hetero) is 1. The van der Waals surface area contributed by atoms with Crippen LogP contribution in [0.25, 0.3) is 0 Å². The van der Waals surface area contributed by atoms with Crippen LogP contribution in [0, 0.1) is 11.3 Å². The summed E-state index contributed by atoms with van der Waals surface area (Å²) in [5, 5.41) is 11.4. The molecule has 0 aromatic carbocycles. The summed E-state index contributed by atoms with van der Waals surface area (Å²) in [4.78, 5) is 34.5. The number of hydrogen-bond donors (Lipinski definition) is 3. The molecule has 6 nitrogen and oxygen atoms in total. The zero-order valence-electron chi connectivity index (χ0n) is 12.0. The van der Waals surface area contributed by atoms with Gasteiger partial charge in [0.2, 0.25) is 5.91 Å². The molecule has 0 aromatic heterocycles. The maximum Gasteiger partial charge on any atom is 0.304 e. The maximum atomic E-state index is 12.1. The van der Waals surface area contributed by atoms with Gasteiger partial charge in [0.25, 0.3) is 0 Å². The van der Waals surface area contributed by atoms with Gasteiger partial charge >= 0.3 is 5.97 Å². The predicted octanol–water partition coefficient (Wildman–Crippen LogP) is 0.546. The van der Waals surface area contributed by atoms with Gasteiger partial charge in [0.15, 0.2) is 5.78 Å².